The van der Waals surface area contributed by atoms with E-state index in [-0.39, 0.29) is 31.6 Å². The predicted molar refractivity (Wildman–Crippen MR) is 177 cm³/mol. The van der Waals surface area contributed by atoms with Crippen LogP contribution >= 0.6 is 0 Å². The van der Waals surface area contributed by atoms with Gasteiger partial charge in [0.25, 0.3) is 0 Å². The number of aliphatic hydroxyl groups excluding tert-OH is 1. The van der Waals surface area contributed by atoms with E-state index in [0.29, 0.717) is 25.0 Å². The molecule has 244 valence electrons. The number of ether oxygens (including phenoxy) is 3. The number of esters is 2. The molecule has 6 heteroatoms. The first-order valence-corrected chi connectivity index (χ1v) is 17.0. The maximum atomic E-state index is 11.9. The van der Waals surface area contributed by atoms with Gasteiger partial charge in [0, 0.05) is 12.8 Å². The second kappa shape index (κ2) is 28.3. The molecule has 2 unspecified atom stereocenters. The fourth-order valence-electron chi connectivity index (χ4n) is 4.50. The molecule has 1 aliphatic rings. The fourth-order valence-corrected chi connectivity index (χ4v) is 4.50. The summed E-state index contributed by atoms with van der Waals surface area (Å²) in [6.45, 7) is 4.07. The Balaban J connectivity index is 1.91. The molecular formula is C37H60O6. The third kappa shape index (κ3) is 25.7. The molecule has 3 atom stereocenters. The summed E-state index contributed by atoms with van der Waals surface area (Å²) in [5, 5.41) is 9.93. The highest BCUT2D eigenvalue weighted by Crippen LogP contribution is 2.29. The van der Waals surface area contributed by atoms with Gasteiger partial charge in [-0.3, -0.25) is 9.59 Å². The van der Waals surface area contributed by atoms with E-state index in [0.717, 1.165) is 57.8 Å². The summed E-state index contributed by atoms with van der Waals surface area (Å²) in [7, 11) is 0. The Hall–Kier alpha value is -2.44. The Kier molecular flexibility index (Phi) is 25.4. The van der Waals surface area contributed by atoms with E-state index in [1.165, 1.54) is 38.5 Å². The van der Waals surface area contributed by atoms with E-state index < -0.39 is 6.10 Å². The van der Waals surface area contributed by atoms with Crippen molar-refractivity contribution in [3.05, 3.63) is 60.8 Å². The van der Waals surface area contributed by atoms with Gasteiger partial charge in [-0.15, -0.1) is 0 Å². The van der Waals surface area contributed by atoms with Gasteiger partial charge in [-0.2, -0.15) is 0 Å². The van der Waals surface area contributed by atoms with Crippen molar-refractivity contribution >= 4 is 11.9 Å². The minimum Gasteiger partial charge on any atom is -0.463 e. The lowest BCUT2D eigenvalue weighted by Crippen LogP contribution is -2.25. The monoisotopic (exact) mass is 600 g/mol. The van der Waals surface area contributed by atoms with Crippen molar-refractivity contribution in [1.29, 1.82) is 0 Å². The highest BCUT2D eigenvalue weighted by Gasteiger charge is 2.35. The van der Waals surface area contributed by atoms with Crippen LogP contribution in [0.4, 0.5) is 0 Å². The summed E-state index contributed by atoms with van der Waals surface area (Å²) in [6.07, 6.45) is 38.9. The van der Waals surface area contributed by atoms with Gasteiger partial charge in [0.2, 0.25) is 0 Å². The number of carbonyl (C=O) groups is 2. The highest BCUT2D eigenvalue weighted by molar-refractivity contribution is 5.70. The Labute approximate surface area is 262 Å². The lowest BCUT2D eigenvalue weighted by molar-refractivity contribution is -0.152. The van der Waals surface area contributed by atoms with Crippen LogP contribution in [0.25, 0.3) is 0 Å². The van der Waals surface area contributed by atoms with Crippen LogP contribution < -0.4 is 0 Å². The molecule has 0 bridgehead atoms. The summed E-state index contributed by atoms with van der Waals surface area (Å²) in [5.74, 6) is -0.673. The maximum Gasteiger partial charge on any atom is 0.306 e. The molecule has 6 nitrogen and oxygen atoms in total. The molecule has 0 aromatic carbocycles. The summed E-state index contributed by atoms with van der Waals surface area (Å²) in [4.78, 5) is 23.7. The topological polar surface area (TPSA) is 85.4 Å². The molecule has 1 heterocycles. The van der Waals surface area contributed by atoms with Gasteiger partial charge in [0.05, 0.1) is 12.2 Å². The van der Waals surface area contributed by atoms with Gasteiger partial charge in [-0.25, -0.2) is 0 Å². The van der Waals surface area contributed by atoms with E-state index in [2.05, 4.69) is 62.5 Å². The van der Waals surface area contributed by atoms with Gasteiger partial charge >= 0.3 is 11.9 Å². The number of rotatable bonds is 28. The molecule has 0 aliphatic carbocycles. The second-order valence-corrected chi connectivity index (χ2v) is 11.3. The number of aliphatic hydroxyl groups is 1. The number of epoxide rings is 1. The largest absolute Gasteiger partial charge is 0.463 e. The van der Waals surface area contributed by atoms with Crippen molar-refractivity contribution in [2.45, 2.75) is 148 Å². The highest BCUT2D eigenvalue weighted by atomic mass is 16.6. The molecule has 1 aliphatic heterocycles. The predicted octanol–water partition coefficient (Wildman–Crippen LogP) is 9.04. The molecule has 0 saturated carbocycles. The molecule has 1 N–H and O–H groups in total. The zero-order chi connectivity index (χ0) is 31.2. The Morgan fingerprint density at radius 1 is 0.628 bits per heavy atom. The lowest BCUT2D eigenvalue weighted by Gasteiger charge is -2.12. The Bertz CT molecular complexity index is 840. The zero-order valence-electron chi connectivity index (χ0n) is 27.1. The Morgan fingerprint density at radius 2 is 1.09 bits per heavy atom. The Morgan fingerprint density at radius 3 is 1.65 bits per heavy atom. The summed E-state index contributed by atoms with van der Waals surface area (Å²) >= 11 is 0. The first-order chi connectivity index (χ1) is 21.1. The quantitative estimate of drug-likeness (QED) is 0.0417. The smallest absolute Gasteiger partial charge is 0.306 e. The van der Waals surface area contributed by atoms with Crippen LogP contribution in [-0.2, 0) is 23.8 Å². The van der Waals surface area contributed by atoms with E-state index in [1.54, 1.807) is 0 Å². The van der Waals surface area contributed by atoms with E-state index in [9.17, 15) is 14.7 Å². The van der Waals surface area contributed by atoms with E-state index in [4.69, 9.17) is 14.2 Å². The molecule has 0 amide bonds. The van der Waals surface area contributed by atoms with Gasteiger partial charge < -0.3 is 19.3 Å². The van der Waals surface area contributed by atoms with Crippen LogP contribution in [0.3, 0.4) is 0 Å². The normalized spacial score (nSPS) is 17.7. The number of allylic oxidation sites excluding steroid dienone is 8. The molecule has 0 aromatic rings. The van der Waals surface area contributed by atoms with Crippen molar-refractivity contribution < 1.29 is 28.9 Å². The van der Waals surface area contributed by atoms with Gasteiger partial charge in [0.1, 0.15) is 19.3 Å². The van der Waals surface area contributed by atoms with Crippen LogP contribution in [0.15, 0.2) is 60.8 Å². The van der Waals surface area contributed by atoms with Crippen LogP contribution in [0.1, 0.15) is 129 Å². The first kappa shape index (κ1) is 38.6. The van der Waals surface area contributed by atoms with E-state index >= 15 is 0 Å². The van der Waals surface area contributed by atoms with Crippen LogP contribution in [0.2, 0.25) is 0 Å². The number of carbonyl (C=O) groups excluding carboxylic acids is 2. The van der Waals surface area contributed by atoms with Crippen molar-refractivity contribution in [2.75, 3.05) is 13.2 Å². The van der Waals surface area contributed by atoms with Crippen molar-refractivity contribution in [1.82, 2.24) is 0 Å². The van der Waals surface area contributed by atoms with Crippen LogP contribution in [0, 0.1) is 0 Å². The molecule has 1 rings (SSSR count). The molecule has 1 saturated heterocycles. The van der Waals surface area contributed by atoms with Crippen molar-refractivity contribution in [2.24, 2.45) is 0 Å². The average Bonchev–Trinajstić information content (AvgIpc) is 3.76. The minimum absolute atomic E-state index is 0.144. The van der Waals surface area contributed by atoms with Crippen LogP contribution in [0.5, 0.6) is 0 Å². The first-order valence-electron chi connectivity index (χ1n) is 17.0. The maximum absolute atomic E-state index is 11.9. The fraction of sp³-hybridized carbons (Fsp3) is 0.676. The molecule has 1 fully saturated rings. The third-order valence-corrected chi connectivity index (χ3v) is 7.18. The second-order valence-electron chi connectivity index (χ2n) is 11.3. The SMILES string of the molecule is CC/C=C\CC1OC1C/C=C\C/C=C\C/C=C\C/C=C\CCC(=O)OC[C@@H](O)COC(=O)CCCCCCCCCCC. The van der Waals surface area contributed by atoms with Crippen LogP contribution in [-0.4, -0.2) is 48.6 Å². The van der Waals surface area contributed by atoms with Crippen molar-refractivity contribution in [3.63, 3.8) is 0 Å². The molecular weight excluding hydrogens is 540 g/mol. The summed E-state index contributed by atoms with van der Waals surface area (Å²) in [6, 6.07) is 0. The number of hydrogen-bond acceptors (Lipinski definition) is 6. The van der Waals surface area contributed by atoms with Gasteiger partial charge in [-0.1, -0.05) is 126 Å². The van der Waals surface area contributed by atoms with Crippen molar-refractivity contribution in [3.8, 4) is 0 Å². The average molecular weight is 601 g/mol. The summed E-state index contributed by atoms with van der Waals surface area (Å²) in [5.41, 5.74) is 0. The number of hydrogen-bond donors (Lipinski definition) is 1. The minimum atomic E-state index is -0.996. The van der Waals surface area contributed by atoms with Gasteiger partial charge in [0.15, 0.2) is 0 Å². The molecule has 0 radical (unpaired) electrons. The lowest BCUT2D eigenvalue weighted by atomic mass is 10.1. The molecule has 0 aromatic heterocycles. The number of unbranched alkanes of at least 4 members (excludes halogenated alkanes) is 8. The third-order valence-electron chi connectivity index (χ3n) is 7.18. The standard InChI is InChI=1S/C37H60O6/c1-3-5-7-8-9-14-18-21-25-29-36(39)41-31-33(38)32-42-37(40)30-26-22-19-16-13-11-10-12-15-17-20-24-28-35-34(43-35)27-23-6-4-2/h6,11-13,15,19-20,22-24,33-35,38H,3-5,7-10,14,16-18,21,25-32H2,1-2H3/b13-11-,15-12-,22-19-,23-6-,24-20-/t33-,34?,35?/m0/s1. The van der Waals surface area contributed by atoms with Gasteiger partial charge in [-0.05, 0) is 51.4 Å². The summed E-state index contributed by atoms with van der Waals surface area (Å²) < 4.78 is 15.9. The molecule has 43 heavy (non-hydrogen) atoms. The molecule has 0 spiro atoms. The zero-order valence-corrected chi connectivity index (χ0v) is 27.1. The van der Waals surface area contributed by atoms with E-state index in [1.807, 2.05) is 12.2 Å².